The van der Waals surface area contributed by atoms with E-state index in [1.165, 1.54) is 0 Å². The van der Waals surface area contributed by atoms with Crippen molar-refractivity contribution < 1.29 is 4.79 Å². The van der Waals surface area contributed by atoms with Crippen LogP contribution in [0, 0.1) is 0 Å². The molecule has 0 atom stereocenters. The molecule has 2 nitrogen and oxygen atoms in total. The van der Waals surface area contributed by atoms with Crippen molar-refractivity contribution >= 4 is 45.2 Å². The molecule has 1 heterocycles. The Morgan fingerprint density at radius 1 is 1.50 bits per heavy atom. The monoisotopic (exact) mass is 223 g/mol. The summed E-state index contributed by atoms with van der Waals surface area (Å²) in [5.41, 5.74) is 7.47. The first-order valence-corrected chi connectivity index (χ1v) is 6.11. The van der Waals surface area contributed by atoms with Crippen LogP contribution in [0.2, 0.25) is 0 Å². The summed E-state index contributed by atoms with van der Waals surface area (Å²) in [6, 6.07) is 5.58. The van der Waals surface area contributed by atoms with Gasteiger partial charge in [-0.2, -0.15) is 0 Å². The van der Waals surface area contributed by atoms with Crippen molar-refractivity contribution in [2.45, 2.75) is 4.21 Å². The lowest BCUT2D eigenvalue weighted by Crippen LogP contribution is -1.83. The predicted molar refractivity (Wildman–Crippen MR) is 63.4 cm³/mol. The smallest absolute Gasteiger partial charge is 0.150 e. The van der Waals surface area contributed by atoms with Gasteiger partial charge in [0.2, 0.25) is 0 Å². The van der Waals surface area contributed by atoms with Gasteiger partial charge < -0.3 is 5.73 Å². The molecular formula is C10H9NOS2. The normalized spacial score (nSPS) is 10.6. The number of nitrogen functional groups attached to an aromatic ring is 1. The number of aldehydes is 1. The molecule has 2 rings (SSSR count). The van der Waals surface area contributed by atoms with Gasteiger partial charge in [-0.15, -0.1) is 23.1 Å². The lowest BCUT2D eigenvalue weighted by atomic mass is 10.2. The summed E-state index contributed by atoms with van der Waals surface area (Å²) < 4.78 is 2.19. The Labute approximate surface area is 90.1 Å². The average molecular weight is 223 g/mol. The molecule has 0 aliphatic rings. The Kier molecular flexibility index (Phi) is 2.48. The summed E-state index contributed by atoms with van der Waals surface area (Å²) in [6.07, 6.45) is 2.86. The van der Waals surface area contributed by atoms with Crippen LogP contribution in [0.25, 0.3) is 10.1 Å². The number of fused-ring (bicyclic) bond motifs is 1. The van der Waals surface area contributed by atoms with Crippen LogP contribution in [0.3, 0.4) is 0 Å². The molecule has 0 saturated carbocycles. The maximum atomic E-state index is 10.6. The van der Waals surface area contributed by atoms with Gasteiger partial charge in [0.05, 0.1) is 9.90 Å². The van der Waals surface area contributed by atoms with E-state index in [4.69, 9.17) is 5.73 Å². The molecule has 2 aromatic rings. The Bertz CT molecular complexity index is 490. The van der Waals surface area contributed by atoms with Crippen LogP contribution in [0.5, 0.6) is 0 Å². The quantitative estimate of drug-likeness (QED) is 0.628. The zero-order chi connectivity index (χ0) is 10.1. The molecular weight excluding hydrogens is 214 g/mol. The van der Waals surface area contributed by atoms with Crippen molar-refractivity contribution in [2.75, 3.05) is 12.0 Å². The van der Waals surface area contributed by atoms with Crippen molar-refractivity contribution in [1.29, 1.82) is 0 Å². The number of nitrogens with two attached hydrogens (primary N) is 1. The number of carbonyl (C=O) groups excluding carboxylic acids is 1. The maximum Gasteiger partial charge on any atom is 0.150 e. The van der Waals surface area contributed by atoms with Gasteiger partial charge in [0.1, 0.15) is 6.29 Å². The molecule has 2 N–H and O–H groups in total. The van der Waals surface area contributed by atoms with E-state index >= 15 is 0 Å². The van der Waals surface area contributed by atoms with E-state index in [2.05, 4.69) is 0 Å². The van der Waals surface area contributed by atoms with E-state index in [0.717, 1.165) is 26.3 Å². The number of rotatable bonds is 2. The van der Waals surface area contributed by atoms with Crippen LogP contribution in [-0.4, -0.2) is 12.5 Å². The van der Waals surface area contributed by atoms with E-state index in [1.54, 1.807) is 29.2 Å². The van der Waals surface area contributed by atoms with Crippen molar-refractivity contribution in [3.63, 3.8) is 0 Å². The fraction of sp³-hybridized carbons (Fsp3) is 0.100. The first kappa shape index (κ1) is 9.55. The lowest BCUT2D eigenvalue weighted by molar-refractivity contribution is 0.112. The first-order valence-electron chi connectivity index (χ1n) is 4.07. The number of anilines is 1. The van der Waals surface area contributed by atoms with Gasteiger partial charge >= 0.3 is 0 Å². The van der Waals surface area contributed by atoms with Crippen LogP contribution >= 0.6 is 23.1 Å². The third-order valence-corrected chi connectivity index (χ3v) is 4.34. The molecule has 0 bridgehead atoms. The van der Waals surface area contributed by atoms with Gasteiger partial charge in [0.25, 0.3) is 0 Å². The molecule has 0 fully saturated rings. The molecule has 0 amide bonds. The highest BCUT2D eigenvalue weighted by molar-refractivity contribution is 8.00. The van der Waals surface area contributed by atoms with Gasteiger partial charge in [0.15, 0.2) is 0 Å². The van der Waals surface area contributed by atoms with Crippen LogP contribution in [0.15, 0.2) is 22.4 Å². The molecule has 14 heavy (non-hydrogen) atoms. The fourth-order valence-electron chi connectivity index (χ4n) is 1.34. The summed E-state index contributed by atoms with van der Waals surface area (Å²) in [5.74, 6) is 0. The molecule has 1 aromatic heterocycles. The zero-order valence-corrected chi connectivity index (χ0v) is 9.24. The maximum absolute atomic E-state index is 10.6. The number of thiophene rings is 1. The van der Waals surface area contributed by atoms with Gasteiger partial charge in [-0.3, -0.25) is 4.79 Å². The summed E-state index contributed by atoms with van der Waals surface area (Å²) in [6.45, 7) is 0. The minimum atomic E-state index is 0.700. The highest BCUT2D eigenvalue weighted by Crippen LogP contribution is 2.39. The Hall–Kier alpha value is -1.00. The van der Waals surface area contributed by atoms with Gasteiger partial charge in [-0.05, 0) is 12.3 Å². The number of hydrogen-bond donors (Lipinski definition) is 1. The van der Waals surface area contributed by atoms with Gasteiger partial charge in [-0.25, -0.2) is 0 Å². The predicted octanol–water partition coefficient (Wildman–Crippen LogP) is 3.02. The Balaban J connectivity index is 2.72. The van der Waals surface area contributed by atoms with Crippen molar-refractivity contribution in [2.24, 2.45) is 0 Å². The molecule has 4 heteroatoms. The summed E-state index contributed by atoms with van der Waals surface area (Å²) in [5, 5.41) is 1.05. The molecule has 0 radical (unpaired) electrons. The average Bonchev–Trinajstić information content (AvgIpc) is 2.55. The van der Waals surface area contributed by atoms with Crippen LogP contribution < -0.4 is 5.73 Å². The largest absolute Gasteiger partial charge is 0.397 e. The van der Waals surface area contributed by atoms with E-state index in [0.29, 0.717) is 5.56 Å². The lowest BCUT2D eigenvalue weighted by Gasteiger charge is -1.93. The van der Waals surface area contributed by atoms with E-state index in [9.17, 15) is 4.79 Å². The number of benzene rings is 1. The van der Waals surface area contributed by atoms with E-state index in [1.807, 2.05) is 18.4 Å². The third-order valence-electron chi connectivity index (χ3n) is 2.04. The van der Waals surface area contributed by atoms with Crippen molar-refractivity contribution in [1.82, 2.24) is 0 Å². The molecule has 72 valence electrons. The van der Waals surface area contributed by atoms with E-state index < -0.39 is 0 Å². The van der Waals surface area contributed by atoms with Gasteiger partial charge in [0, 0.05) is 15.6 Å². The highest BCUT2D eigenvalue weighted by Gasteiger charge is 2.08. The topological polar surface area (TPSA) is 43.1 Å². The second-order valence-corrected chi connectivity index (χ2v) is 5.01. The highest BCUT2D eigenvalue weighted by atomic mass is 32.2. The first-order chi connectivity index (χ1) is 6.76. The molecule has 1 aromatic carbocycles. The minimum Gasteiger partial charge on any atom is -0.397 e. The summed E-state index contributed by atoms with van der Waals surface area (Å²) >= 11 is 3.27. The van der Waals surface area contributed by atoms with Crippen molar-refractivity contribution in [3.05, 3.63) is 23.8 Å². The molecule has 0 aliphatic carbocycles. The van der Waals surface area contributed by atoms with E-state index in [-0.39, 0.29) is 0 Å². The number of thioether (sulfide) groups is 1. The Morgan fingerprint density at radius 2 is 2.29 bits per heavy atom. The number of hydrogen-bond acceptors (Lipinski definition) is 4. The third kappa shape index (κ3) is 1.40. The summed E-state index contributed by atoms with van der Waals surface area (Å²) in [7, 11) is 0. The van der Waals surface area contributed by atoms with Crippen LogP contribution in [0.4, 0.5) is 5.69 Å². The standard InChI is InChI=1S/C10H9NOS2/c1-13-10-9(11)7-3-2-6(5-12)4-8(7)14-10/h2-5H,11H2,1H3. The van der Waals surface area contributed by atoms with Crippen LogP contribution in [-0.2, 0) is 0 Å². The number of carbonyl (C=O) groups is 1. The van der Waals surface area contributed by atoms with Gasteiger partial charge in [-0.1, -0.05) is 12.1 Å². The Morgan fingerprint density at radius 3 is 2.93 bits per heavy atom. The SMILES string of the molecule is CSc1sc2cc(C=O)ccc2c1N. The minimum absolute atomic E-state index is 0.700. The second kappa shape index (κ2) is 3.63. The fourth-order valence-corrected chi connectivity index (χ4v) is 3.17. The van der Waals surface area contributed by atoms with Crippen molar-refractivity contribution in [3.8, 4) is 0 Å². The molecule has 0 saturated heterocycles. The zero-order valence-electron chi connectivity index (χ0n) is 7.61. The second-order valence-electron chi connectivity index (χ2n) is 2.88. The molecule has 0 spiro atoms. The van der Waals surface area contributed by atoms with Crippen LogP contribution in [0.1, 0.15) is 10.4 Å². The molecule has 0 unspecified atom stereocenters. The molecule has 0 aliphatic heterocycles. The summed E-state index contributed by atoms with van der Waals surface area (Å²) in [4.78, 5) is 10.6.